The van der Waals surface area contributed by atoms with Gasteiger partial charge in [0.25, 0.3) is 0 Å². The zero-order valence-corrected chi connectivity index (χ0v) is 20.3. The SMILES string of the molecule is COc1nc(-c2cccc(-c3cccc(Nc4nc(C)nc5cccnc45)c3Cl)c2F)ccc1CN. The lowest BCUT2D eigenvalue weighted by Gasteiger charge is -2.15. The molecular formula is C27H22ClFN6O. The molecule has 2 aromatic carbocycles. The van der Waals surface area contributed by atoms with Crippen molar-refractivity contribution in [1.29, 1.82) is 0 Å². The lowest BCUT2D eigenvalue weighted by atomic mass is 9.99. The van der Waals surface area contributed by atoms with Crippen LogP contribution in [0.5, 0.6) is 5.88 Å². The number of aromatic nitrogens is 4. The Labute approximate surface area is 212 Å². The predicted octanol–water partition coefficient (Wildman–Crippen LogP) is 6.07. The highest BCUT2D eigenvalue weighted by atomic mass is 35.5. The number of fused-ring (bicyclic) bond motifs is 1. The van der Waals surface area contributed by atoms with Crippen molar-refractivity contribution in [3.05, 3.63) is 89.1 Å². The topological polar surface area (TPSA) is 98.8 Å². The number of hydrogen-bond acceptors (Lipinski definition) is 7. The average Bonchev–Trinajstić information content (AvgIpc) is 2.89. The van der Waals surface area contributed by atoms with E-state index in [0.29, 0.717) is 61.6 Å². The number of rotatable bonds is 6. The Kier molecular flexibility index (Phi) is 6.45. The summed E-state index contributed by atoms with van der Waals surface area (Å²) in [5, 5.41) is 3.60. The van der Waals surface area contributed by atoms with Crippen LogP contribution in [-0.4, -0.2) is 27.0 Å². The van der Waals surface area contributed by atoms with Crippen molar-refractivity contribution in [2.45, 2.75) is 13.5 Å². The van der Waals surface area contributed by atoms with Gasteiger partial charge in [0.05, 0.1) is 29.0 Å². The molecule has 0 spiro atoms. The molecule has 0 amide bonds. The van der Waals surface area contributed by atoms with E-state index < -0.39 is 5.82 Å². The van der Waals surface area contributed by atoms with Gasteiger partial charge in [-0.3, -0.25) is 4.98 Å². The molecule has 0 fully saturated rings. The van der Waals surface area contributed by atoms with Gasteiger partial charge in [-0.2, -0.15) is 0 Å². The van der Waals surface area contributed by atoms with Crippen molar-refractivity contribution in [2.75, 3.05) is 12.4 Å². The van der Waals surface area contributed by atoms with E-state index in [2.05, 4.69) is 25.3 Å². The van der Waals surface area contributed by atoms with Gasteiger partial charge >= 0.3 is 0 Å². The Balaban J connectivity index is 1.57. The van der Waals surface area contributed by atoms with Gasteiger partial charge in [-0.05, 0) is 37.3 Å². The summed E-state index contributed by atoms with van der Waals surface area (Å²) in [6.45, 7) is 2.07. The van der Waals surface area contributed by atoms with Gasteiger partial charge in [-0.25, -0.2) is 19.3 Å². The lowest BCUT2D eigenvalue weighted by Crippen LogP contribution is -2.03. The second kappa shape index (κ2) is 9.85. The third kappa shape index (κ3) is 4.32. The van der Waals surface area contributed by atoms with Crippen molar-refractivity contribution < 1.29 is 9.13 Å². The van der Waals surface area contributed by atoms with E-state index in [1.807, 2.05) is 12.1 Å². The first-order valence-corrected chi connectivity index (χ1v) is 11.6. The number of nitrogens with one attached hydrogen (secondary N) is 1. The molecule has 0 aliphatic rings. The van der Waals surface area contributed by atoms with Crippen LogP contribution >= 0.6 is 11.6 Å². The van der Waals surface area contributed by atoms with Crippen LogP contribution in [0.3, 0.4) is 0 Å². The first-order chi connectivity index (χ1) is 17.5. The third-order valence-electron chi connectivity index (χ3n) is 5.74. The summed E-state index contributed by atoms with van der Waals surface area (Å²) < 4.78 is 21.2. The van der Waals surface area contributed by atoms with Crippen LogP contribution in [0.15, 0.2) is 66.9 Å². The van der Waals surface area contributed by atoms with Gasteiger partial charge in [-0.1, -0.05) is 41.9 Å². The highest BCUT2D eigenvalue weighted by Crippen LogP contribution is 2.39. The van der Waals surface area contributed by atoms with E-state index in [4.69, 9.17) is 22.1 Å². The minimum atomic E-state index is -0.448. The predicted molar refractivity (Wildman–Crippen MR) is 140 cm³/mol. The molecule has 36 heavy (non-hydrogen) atoms. The maximum Gasteiger partial charge on any atom is 0.218 e. The number of ether oxygens (including phenoxy) is 1. The highest BCUT2D eigenvalue weighted by molar-refractivity contribution is 6.36. The van der Waals surface area contributed by atoms with Gasteiger partial charge < -0.3 is 15.8 Å². The fraction of sp³-hybridized carbons (Fsp3) is 0.111. The van der Waals surface area contributed by atoms with E-state index in [-0.39, 0.29) is 6.54 Å². The van der Waals surface area contributed by atoms with E-state index in [1.165, 1.54) is 7.11 Å². The van der Waals surface area contributed by atoms with Crippen molar-refractivity contribution in [1.82, 2.24) is 19.9 Å². The van der Waals surface area contributed by atoms with Gasteiger partial charge in [0.1, 0.15) is 17.2 Å². The number of halogens is 2. The van der Waals surface area contributed by atoms with E-state index >= 15 is 4.39 Å². The zero-order chi connectivity index (χ0) is 25.2. The summed E-state index contributed by atoms with van der Waals surface area (Å²) >= 11 is 6.80. The summed E-state index contributed by atoms with van der Waals surface area (Å²) in [4.78, 5) is 17.8. The van der Waals surface area contributed by atoms with Crippen LogP contribution in [-0.2, 0) is 6.54 Å². The Hall–Kier alpha value is -4.14. The molecule has 3 N–H and O–H groups in total. The molecule has 180 valence electrons. The molecule has 0 saturated carbocycles. The largest absolute Gasteiger partial charge is 0.481 e. The molecule has 5 rings (SSSR count). The van der Waals surface area contributed by atoms with E-state index in [0.717, 1.165) is 5.56 Å². The first-order valence-electron chi connectivity index (χ1n) is 11.2. The average molecular weight is 501 g/mol. The number of benzene rings is 2. The fourth-order valence-corrected chi connectivity index (χ4v) is 4.30. The molecule has 7 nitrogen and oxygen atoms in total. The van der Waals surface area contributed by atoms with E-state index in [1.54, 1.807) is 61.7 Å². The summed E-state index contributed by atoms with van der Waals surface area (Å²) in [6, 6.07) is 17.7. The molecule has 0 aliphatic heterocycles. The Bertz CT molecular complexity index is 1590. The minimum Gasteiger partial charge on any atom is -0.481 e. The first kappa shape index (κ1) is 23.6. The summed E-state index contributed by atoms with van der Waals surface area (Å²) in [5.74, 6) is 1.02. The maximum atomic E-state index is 15.8. The standard InChI is InChI=1S/C27H22ClFN6O/c1-15-32-22-10-5-13-31-25(22)26(33-15)34-21-9-4-6-17(23(21)28)18-7-3-8-19(24(18)29)20-12-11-16(14-30)27(35-20)36-2/h3-13H,14,30H2,1-2H3,(H,32,33,34). The van der Waals surface area contributed by atoms with Crippen molar-refractivity contribution in [2.24, 2.45) is 5.73 Å². The molecule has 0 atom stereocenters. The molecular weight excluding hydrogens is 479 g/mol. The Morgan fingerprint density at radius 1 is 0.944 bits per heavy atom. The van der Waals surface area contributed by atoms with Crippen LogP contribution in [0.1, 0.15) is 11.4 Å². The fourth-order valence-electron chi connectivity index (χ4n) is 4.02. The summed E-state index contributed by atoms with van der Waals surface area (Å²) in [7, 11) is 1.51. The lowest BCUT2D eigenvalue weighted by molar-refractivity contribution is 0.393. The van der Waals surface area contributed by atoms with Gasteiger partial charge in [0.15, 0.2) is 5.82 Å². The number of anilines is 2. The number of hydrogen-bond donors (Lipinski definition) is 2. The number of nitrogens with zero attached hydrogens (tertiary/aromatic N) is 4. The van der Waals surface area contributed by atoms with Gasteiger partial charge in [-0.15, -0.1) is 0 Å². The second-order valence-corrected chi connectivity index (χ2v) is 8.40. The number of nitrogens with two attached hydrogens (primary N) is 1. The van der Waals surface area contributed by atoms with Crippen LogP contribution in [0.25, 0.3) is 33.4 Å². The Morgan fingerprint density at radius 2 is 1.72 bits per heavy atom. The second-order valence-electron chi connectivity index (χ2n) is 8.02. The van der Waals surface area contributed by atoms with E-state index in [9.17, 15) is 0 Å². The van der Waals surface area contributed by atoms with Crippen LogP contribution in [0.2, 0.25) is 5.02 Å². The number of methoxy groups -OCH3 is 1. The number of pyridine rings is 2. The van der Waals surface area contributed by atoms with Gasteiger partial charge in [0.2, 0.25) is 5.88 Å². The van der Waals surface area contributed by atoms with Crippen LogP contribution in [0, 0.1) is 12.7 Å². The molecule has 0 saturated heterocycles. The molecule has 0 aliphatic carbocycles. The smallest absolute Gasteiger partial charge is 0.218 e. The molecule has 0 bridgehead atoms. The van der Waals surface area contributed by atoms with Gasteiger partial charge in [0, 0.05) is 35.0 Å². The zero-order valence-electron chi connectivity index (χ0n) is 19.6. The maximum absolute atomic E-state index is 15.8. The van der Waals surface area contributed by atoms with Crippen LogP contribution < -0.4 is 15.8 Å². The number of aryl methyl sites for hydroxylation is 1. The van der Waals surface area contributed by atoms with Crippen molar-refractivity contribution >= 4 is 34.1 Å². The normalized spacial score (nSPS) is 11.0. The molecule has 9 heteroatoms. The summed E-state index contributed by atoms with van der Waals surface area (Å²) in [6.07, 6.45) is 1.67. The van der Waals surface area contributed by atoms with Crippen molar-refractivity contribution in [3.63, 3.8) is 0 Å². The molecule has 3 heterocycles. The van der Waals surface area contributed by atoms with Crippen molar-refractivity contribution in [3.8, 4) is 28.3 Å². The highest BCUT2D eigenvalue weighted by Gasteiger charge is 2.18. The molecule has 0 radical (unpaired) electrons. The molecule has 3 aromatic heterocycles. The summed E-state index contributed by atoms with van der Waals surface area (Å²) in [5.41, 5.74) is 9.99. The minimum absolute atomic E-state index is 0.269. The third-order valence-corrected chi connectivity index (χ3v) is 6.14. The quantitative estimate of drug-likeness (QED) is 0.292. The molecule has 0 unspecified atom stereocenters. The molecule has 5 aromatic rings. The Morgan fingerprint density at radius 3 is 2.53 bits per heavy atom. The van der Waals surface area contributed by atoms with Crippen LogP contribution in [0.4, 0.5) is 15.9 Å². The monoisotopic (exact) mass is 500 g/mol.